The Morgan fingerprint density at radius 2 is 2.28 bits per heavy atom. The molecule has 2 aliphatic rings. The highest BCUT2D eigenvalue weighted by Gasteiger charge is 2.38. The Hall–Kier alpha value is -1.62. The fourth-order valence-electron chi connectivity index (χ4n) is 2.69. The summed E-state index contributed by atoms with van der Waals surface area (Å²) in [6, 6.07) is 4.13. The maximum Gasteiger partial charge on any atom is 0.248 e. The lowest BCUT2D eigenvalue weighted by Gasteiger charge is -2.45. The first kappa shape index (κ1) is 11.5. The second-order valence-electron chi connectivity index (χ2n) is 5.16. The molecule has 3 rings (SSSR count). The van der Waals surface area contributed by atoms with Crippen LogP contribution in [0.2, 0.25) is 0 Å². The summed E-state index contributed by atoms with van der Waals surface area (Å²) >= 11 is 0. The third-order valence-corrected chi connectivity index (χ3v) is 3.76. The lowest BCUT2D eigenvalue weighted by Crippen LogP contribution is -2.61. The maximum absolute atomic E-state index is 12.2. The predicted molar refractivity (Wildman–Crippen MR) is 70.7 cm³/mol. The molecule has 0 radical (unpaired) electrons. The van der Waals surface area contributed by atoms with E-state index in [9.17, 15) is 4.79 Å². The van der Waals surface area contributed by atoms with Crippen LogP contribution in [0.5, 0.6) is 0 Å². The highest BCUT2D eigenvalue weighted by atomic mass is 16.2. The lowest BCUT2D eigenvalue weighted by atomic mass is 10.1. The molecule has 0 bridgehead atoms. The van der Waals surface area contributed by atoms with Gasteiger partial charge in [0.1, 0.15) is 6.04 Å². The number of hydrogen-bond acceptors (Lipinski definition) is 4. The number of fused-ring (bicyclic) bond motifs is 3. The number of anilines is 2. The van der Waals surface area contributed by atoms with Gasteiger partial charge in [-0.25, -0.2) is 4.98 Å². The zero-order valence-electron chi connectivity index (χ0n) is 10.8. The summed E-state index contributed by atoms with van der Waals surface area (Å²) in [5.41, 5.74) is 0.830. The Morgan fingerprint density at radius 3 is 3.06 bits per heavy atom. The van der Waals surface area contributed by atoms with Gasteiger partial charge < -0.3 is 10.2 Å². The van der Waals surface area contributed by atoms with E-state index in [-0.39, 0.29) is 11.9 Å². The standard InChI is InChI=1S/C13H18N4O/c1-9(2)16-6-7-17-11(8-16)13(18)15-10-4-3-5-14-12(10)17/h3-5,9,11H,6-8H2,1-2H3,(H,15,18)/t11-/m1/s1. The predicted octanol–water partition coefficient (Wildman–Crippen LogP) is 0.933. The third kappa shape index (κ3) is 1.75. The number of hydrogen-bond donors (Lipinski definition) is 1. The second kappa shape index (κ2) is 4.24. The van der Waals surface area contributed by atoms with Crippen LogP contribution in [0.25, 0.3) is 0 Å². The summed E-state index contributed by atoms with van der Waals surface area (Å²) in [5, 5.41) is 2.95. The van der Waals surface area contributed by atoms with Crippen LogP contribution in [0.4, 0.5) is 11.5 Å². The molecule has 1 atom stereocenters. The molecule has 1 N–H and O–H groups in total. The minimum Gasteiger partial charge on any atom is -0.340 e. The molecule has 5 heteroatoms. The van der Waals surface area contributed by atoms with Crippen LogP contribution in [0.3, 0.4) is 0 Å². The largest absolute Gasteiger partial charge is 0.340 e. The molecule has 1 amide bonds. The van der Waals surface area contributed by atoms with Crippen LogP contribution >= 0.6 is 0 Å². The van der Waals surface area contributed by atoms with E-state index in [1.165, 1.54) is 0 Å². The first-order valence-corrected chi connectivity index (χ1v) is 6.43. The summed E-state index contributed by atoms with van der Waals surface area (Å²) < 4.78 is 0. The number of nitrogens with one attached hydrogen (secondary N) is 1. The van der Waals surface area contributed by atoms with Crippen molar-refractivity contribution in [3.05, 3.63) is 18.3 Å². The van der Waals surface area contributed by atoms with Crippen LogP contribution in [-0.2, 0) is 4.79 Å². The summed E-state index contributed by atoms with van der Waals surface area (Å²) in [7, 11) is 0. The van der Waals surface area contributed by atoms with Crippen LogP contribution < -0.4 is 10.2 Å². The normalized spacial score (nSPS) is 23.6. The summed E-state index contributed by atoms with van der Waals surface area (Å²) in [6.45, 7) is 6.96. The number of rotatable bonds is 1. The minimum atomic E-state index is -0.108. The summed E-state index contributed by atoms with van der Waals surface area (Å²) in [6.07, 6.45) is 1.78. The van der Waals surface area contributed by atoms with Gasteiger partial charge >= 0.3 is 0 Å². The van der Waals surface area contributed by atoms with Crippen LogP contribution in [0.15, 0.2) is 18.3 Å². The van der Waals surface area contributed by atoms with E-state index in [0.717, 1.165) is 31.1 Å². The Balaban J connectivity index is 1.91. The van der Waals surface area contributed by atoms with Crippen molar-refractivity contribution in [3.8, 4) is 0 Å². The van der Waals surface area contributed by atoms with Crippen molar-refractivity contribution < 1.29 is 4.79 Å². The molecule has 0 saturated carbocycles. The zero-order valence-corrected chi connectivity index (χ0v) is 10.8. The van der Waals surface area contributed by atoms with Gasteiger partial charge in [-0.05, 0) is 26.0 Å². The summed E-state index contributed by atoms with van der Waals surface area (Å²) in [4.78, 5) is 21.0. The Bertz CT molecular complexity index is 474. The van der Waals surface area contributed by atoms with Crippen molar-refractivity contribution >= 4 is 17.4 Å². The number of nitrogens with zero attached hydrogens (tertiary/aromatic N) is 3. The highest BCUT2D eigenvalue weighted by Crippen LogP contribution is 2.31. The molecule has 3 heterocycles. The molecule has 18 heavy (non-hydrogen) atoms. The molecule has 96 valence electrons. The van der Waals surface area contributed by atoms with Crippen LogP contribution in [0, 0.1) is 0 Å². The summed E-state index contributed by atoms with van der Waals surface area (Å²) in [5.74, 6) is 0.992. The van der Waals surface area contributed by atoms with Crippen molar-refractivity contribution in [2.75, 3.05) is 29.9 Å². The molecular formula is C13H18N4O. The van der Waals surface area contributed by atoms with Gasteiger partial charge in [-0.1, -0.05) is 0 Å². The van der Waals surface area contributed by atoms with Crippen molar-refractivity contribution in [3.63, 3.8) is 0 Å². The Morgan fingerprint density at radius 1 is 1.44 bits per heavy atom. The Kier molecular flexibility index (Phi) is 2.70. The monoisotopic (exact) mass is 246 g/mol. The lowest BCUT2D eigenvalue weighted by molar-refractivity contribution is -0.118. The van der Waals surface area contributed by atoms with Gasteiger partial charge in [0.25, 0.3) is 0 Å². The van der Waals surface area contributed by atoms with Gasteiger partial charge in [-0.2, -0.15) is 0 Å². The van der Waals surface area contributed by atoms with Gasteiger partial charge in [-0.3, -0.25) is 9.69 Å². The number of piperazine rings is 1. The molecule has 2 aliphatic heterocycles. The average Bonchev–Trinajstić information content (AvgIpc) is 2.38. The topological polar surface area (TPSA) is 48.5 Å². The van der Waals surface area contributed by atoms with Gasteiger partial charge in [0.15, 0.2) is 5.82 Å². The van der Waals surface area contributed by atoms with Crippen LogP contribution in [0.1, 0.15) is 13.8 Å². The van der Waals surface area contributed by atoms with Crippen molar-refractivity contribution in [2.45, 2.75) is 25.9 Å². The third-order valence-electron chi connectivity index (χ3n) is 3.76. The van der Waals surface area contributed by atoms with Gasteiger partial charge in [0, 0.05) is 31.9 Å². The molecule has 1 fully saturated rings. The van der Waals surface area contributed by atoms with Gasteiger partial charge in [-0.15, -0.1) is 0 Å². The molecule has 0 aliphatic carbocycles. The number of carbonyl (C=O) groups is 1. The maximum atomic E-state index is 12.2. The molecular weight excluding hydrogens is 228 g/mol. The van der Waals surface area contributed by atoms with Crippen LogP contribution in [-0.4, -0.2) is 47.5 Å². The van der Waals surface area contributed by atoms with E-state index >= 15 is 0 Å². The smallest absolute Gasteiger partial charge is 0.248 e. The number of aromatic nitrogens is 1. The van der Waals surface area contributed by atoms with Gasteiger partial charge in [0.05, 0.1) is 5.69 Å². The zero-order chi connectivity index (χ0) is 12.7. The van der Waals surface area contributed by atoms with E-state index in [0.29, 0.717) is 6.04 Å². The molecule has 1 aromatic heterocycles. The van der Waals surface area contributed by atoms with Crippen molar-refractivity contribution in [1.29, 1.82) is 0 Å². The molecule has 0 aromatic carbocycles. The van der Waals surface area contributed by atoms with E-state index in [1.54, 1.807) is 6.20 Å². The minimum absolute atomic E-state index is 0.0841. The number of amides is 1. The van der Waals surface area contributed by atoms with E-state index < -0.39 is 0 Å². The SMILES string of the molecule is CC(C)N1CCN2c3ncccc3NC(=O)[C@H]2C1. The molecule has 0 spiro atoms. The molecule has 1 saturated heterocycles. The molecule has 1 aromatic rings. The molecule has 0 unspecified atom stereocenters. The molecule has 5 nitrogen and oxygen atoms in total. The first-order chi connectivity index (χ1) is 8.66. The van der Waals surface area contributed by atoms with E-state index in [2.05, 4.69) is 33.9 Å². The highest BCUT2D eigenvalue weighted by molar-refractivity contribution is 6.03. The first-order valence-electron chi connectivity index (χ1n) is 6.43. The van der Waals surface area contributed by atoms with E-state index in [4.69, 9.17) is 0 Å². The van der Waals surface area contributed by atoms with Crippen molar-refractivity contribution in [1.82, 2.24) is 9.88 Å². The van der Waals surface area contributed by atoms with Crippen molar-refractivity contribution in [2.24, 2.45) is 0 Å². The fourth-order valence-corrected chi connectivity index (χ4v) is 2.69. The average molecular weight is 246 g/mol. The number of pyridine rings is 1. The Labute approximate surface area is 107 Å². The van der Waals surface area contributed by atoms with Gasteiger partial charge in [0.2, 0.25) is 5.91 Å². The quantitative estimate of drug-likeness (QED) is 0.801. The number of carbonyl (C=O) groups excluding carboxylic acids is 1. The second-order valence-corrected chi connectivity index (χ2v) is 5.16. The fraction of sp³-hybridized carbons (Fsp3) is 0.538. The van der Waals surface area contributed by atoms with E-state index in [1.807, 2.05) is 12.1 Å².